The van der Waals surface area contributed by atoms with Gasteiger partial charge >= 0.3 is 0 Å². The first-order valence-corrected chi connectivity index (χ1v) is 4.99. The molecular formula is C11H9N5O. The molecule has 0 fully saturated rings. The second-order valence-corrected chi connectivity index (χ2v) is 3.59. The van der Waals surface area contributed by atoms with E-state index in [0.717, 1.165) is 5.52 Å². The van der Waals surface area contributed by atoms with Crippen molar-refractivity contribution in [2.75, 3.05) is 5.73 Å². The van der Waals surface area contributed by atoms with Gasteiger partial charge in [-0.15, -0.1) is 0 Å². The van der Waals surface area contributed by atoms with Crippen LogP contribution in [0.15, 0.2) is 30.6 Å². The van der Waals surface area contributed by atoms with E-state index in [1.165, 1.54) is 6.20 Å². The number of hydrogen-bond acceptors (Lipinski definition) is 5. The van der Waals surface area contributed by atoms with Crippen molar-refractivity contribution >= 4 is 17.0 Å². The number of hydrogen-bond donors (Lipinski definition) is 3. The highest BCUT2D eigenvalue weighted by molar-refractivity contribution is 5.78. The summed E-state index contributed by atoms with van der Waals surface area (Å²) in [7, 11) is 0. The number of rotatable bonds is 1. The molecule has 3 aromatic rings. The molecule has 0 bridgehead atoms. The van der Waals surface area contributed by atoms with Crippen LogP contribution in [0.4, 0.5) is 5.82 Å². The van der Waals surface area contributed by atoms with Crippen molar-refractivity contribution in [2.24, 2.45) is 0 Å². The lowest BCUT2D eigenvalue weighted by Crippen LogP contribution is -1.88. The molecule has 0 spiro atoms. The van der Waals surface area contributed by atoms with E-state index < -0.39 is 0 Å². The first-order chi connectivity index (χ1) is 8.24. The molecular weight excluding hydrogens is 218 g/mol. The molecule has 0 aromatic carbocycles. The molecule has 6 heteroatoms. The average Bonchev–Trinajstić information content (AvgIpc) is 2.72. The van der Waals surface area contributed by atoms with Gasteiger partial charge in [-0.05, 0) is 18.2 Å². The number of anilines is 1. The van der Waals surface area contributed by atoms with E-state index >= 15 is 0 Å². The highest BCUT2D eigenvalue weighted by Gasteiger charge is 2.09. The second-order valence-electron chi connectivity index (χ2n) is 3.59. The van der Waals surface area contributed by atoms with Crippen LogP contribution in [0.3, 0.4) is 0 Å². The van der Waals surface area contributed by atoms with Gasteiger partial charge in [-0.1, -0.05) is 0 Å². The summed E-state index contributed by atoms with van der Waals surface area (Å²) in [5, 5.41) is 9.68. The van der Waals surface area contributed by atoms with Crippen molar-refractivity contribution < 1.29 is 5.11 Å². The number of aromatic nitrogens is 4. The van der Waals surface area contributed by atoms with Crippen molar-refractivity contribution in [3.05, 3.63) is 30.6 Å². The zero-order valence-corrected chi connectivity index (χ0v) is 8.75. The zero-order chi connectivity index (χ0) is 11.8. The number of H-pyrrole nitrogens is 1. The first-order valence-electron chi connectivity index (χ1n) is 4.99. The molecule has 0 aliphatic rings. The Morgan fingerprint density at radius 3 is 2.88 bits per heavy atom. The lowest BCUT2D eigenvalue weighted by Gasteiger charge is -1.97. The zero-order valence-electron chi connectivity index (χ0n) is 8.75. The van der Waals surface area contributed by atoms with Crippen LogP contribution in [-0.2, 0) is 0 Å². The summed E-state index contributed by atoms with van der Waals surface area (Å²) in [6.45, 7) is 0. The van der Waals surface area contributed by atoms with Crippen molar-refractivity contribution in [2.45, 2.75) is 0 Å². The van der Waals surface area contributed by atoms with Crippen LogP contribution in [0.5, 0.6) is 5.75 Å². The molecule has 0 saturated heterocycles. The molecule has 17 heavy (non-hydrogen) atoms. The smallest absolute Gasteiger partial charge is 0.180 e. The minimum Gasteiger partial charge on any atom is -0.506 e. The number of imidazole rings is 1. The Balaban J connectivity index is 2.22. The molecule has 6 nitrogen and oxygen atoms in total. The Labute approximate surface area is 96.2 Å². The summed E-state index contributed by atoms with van der Waals surface area (Å²) in [5.41, 5.74) is 7.45. The number of fused-ring (bicyclic) bond motifs is 1. The maximum absolute atomic E-state index is 9.68. The first kappa shape index (κ1) is 9.59. The molecule has 0 saturated carbocycles. The van der Waals surface area contributed by atoms with E-state index in [2.05, 4.69) is 19.9 Å². The maximum Gasteiger partial charge on any atom is 0.180 e. The summed E-state index contributed by atoms with van der Waals surface area (Å²) in [5.74, 6) is 1.02. The second kappa shape index (κ2) is 3.44. The van der Waals surface area contributed by atoms with Crippen LogP contribution in [0.1, 0.15) is 0 Å². The lowest BCUT2D eigenvalue weighted by molar-refractivity contribution is 0.474. The number of nitrogens with two attached hydrogens (primary N) is 1. The summed E-state index contributed by atoms with van der Waals surface area (Å²) >= 11 is 0. The third-order valence-corrected chi connectivity index (χ3v) is 2.42. The van der Waals surface area contributed by atoms with Crippen molar-refractivity contribution in [3.8, 4) is 17.1 Å². The van der Waals surface area contributed by atoms with Gasteiger partial charge in [-0.25, -0.2) is 9.97 Å². The van der Waals surface area contributed by atoms with Gasteiger partial charge < -0.3 is 15.8 Å². The number of nitrogens with one attached hydrogen (secondary N) is 1. The number of aromatic amines is 1. The molecule has 84 valence electrons. The van der Waals surface area contributed by atoms with Gasteiger partial charge in [0.1, 0.15) is 17.4 Å². The predicted molar refractivity (Wildman–Crippen MR) is 63.2 cm³/mol. The van der Waals surface area contributed by atoms with Gasteiger partial charge in [0, 0.05) is 6.20 Å². The van der Waals surface area contributed by atoms with Crippen molar-refractivity contribution in [3.63, 3.8) is 0 Å². The quantitative estimate of drug-likeness (QED) is 0.581. The van der Waals surface area contributed by atoms with Gasteiger partial charge in [-0.3, -0.25) is 4.98 Å². The van der Waals surface area contributed by atoms with E-state index in [9.17, 15) is 5.11 Å². The van der Waals surface area contributed by atoms with Gasteiger partial charge in [0.15, 0.2) is 5.65 Å². The van der Waals surface area contributed by atoms with Crippen LogP contribution in [0, 0.1) is 0 Å². The van der Waals surface area contributed by atoms with Gasteiger partial charge in [-0.2, -0.15) is 0 Å². The Kier molecular flexibility index (Phi) is 1.94. The number of nitrogen functional groups attached to an aromatic ring is 1. The molecule has 3 aromatic heterocycles. The van der Waals surface area contributed by atoms with E-state index in [0.29, 0.717) is 22.9 Å². The van der Waals surface area contributed by atoms with Crippen LogP contribution < -0.4 is 5.73 Å². The van der Waals surface area contributed by atoms with Gasteiger partial charge in [0.05, 0.1) is 17.3 Å². The summed E-state index contributed by atoms with van der Waals surface area (Å²) < 4.78 is 0. The fourth-order valence-electron chi connectivity index (χ4n) is 1.62. The third-order valence-electron chi connectivity index (χ3n) is 2.42. The van der Waals surface area contributed by atoms with E-state index in [1.807, 2.05) is 0 Å². The molecule has 0 unspecified atom stereocenters. The topological polar surface area (TPSA) is 101 Å². The molecule has 0 atom stereocenters. The summed E-state index contributed by atoms with van der Waals surface area (Å²) in [6.07, 6.45) is 2.95. The van der Waals surface area contributed by atoms with Crippen molar-refractivity contribution in [1.82, 2.24) is 19.9 Å². The maximum atomic E-state index is 9.68. The Bertz CT molecular complexity index is 691. The molecule has 0 aliphatic heterocycles. The number of pyridine rings is 2. The largest absolute Gasteiger partial charge is 0.506 e. The monoisotopic (exact) mass is 227 g/mol. The Morgan fingerprint density at radius 1 is 1.18 bits per heavy atom. The molecule has 3 heterocycles. The fourth-order valence-corrected chi connectivity index (χ4v) is 1.62. The fraction of sp³-hybridized carbons (Fsp3) is 0. The summed E-state index contributed by atoms with van der Waals surface area (Å²) in [4.78, 5) is 15.2. The average molecular weight is 227 g/mol. The van der Waals surface area contributed by atoms with E-state index in [-0.39, 0.29) is 5.75 Å². The SMILES string of the molecule is Nc1ccc2[nH]c(-c3ccncc3O)nc2n1. The number of nitrogens with zero attached hydrogens (tertiary/aromatic N) is 3. The van der Waals surface area contributed by atoms with Gasteiger partial charge in [0.2, 0.25) is 0 Å². The molecule has 3 rings (SSSR count). The molecule has 0 radical (unpaired) electrons. The normalized spacial score (nSPS) is 10.8. The minimum absolute atomic E-state index is 0.0690. The van der Waals surface area contributed by atoms with E-state index in [4.69, 9.17) is 5.73 Å². The Hall–Kier alpha value is -2.63. The van der Waals surface area contributed by atoms with Gasteiger partial charge in [0.25, 0.3) is 0 Å². The third kappa shape index (κ3) is 1.55. The number of aromatic hydroxyl groups is 1. The molecule has 4 N–H and O–H groups in total. The predicted octanol–water partition coefficient (Wildman–Crippen LogP) is 1.31. The Morgan fingerprint density at radius 2 is 2.06 bits per heavy atom. The van der Waals surface area contributed by atoms with Crippen LogP contribution >= 0.6 is 0 Å². The van der Waals surface area contributed by atoms with Crippen LogP contribution in [0.2, 0.25) is 0 Å². The molecule has 0 aliphatic carbocycles. The minimum atomic E-state index is 0.0690. The van der Waals surface area contributed by atoms with E-state index in [1.54, 1.807) is 24.4 Å². The molecule has 0 amide bonds. The van der Waals surface area contributed by atoms with Crippen LogP contribution in [0.25, 0.3) is 22.6 Å². The highest BCUT2D eigenvalue weighted by Crippen LogP contribution is 2.26. The van der Waals surface area contributed by atoms with Crippen molar-refractivity contribution in [1.29, 1.82) is 0 Å². The standard InChI is InChI=1S/C11H9N5O/c12-9-2-1-7-11(15-9)16-10(14-7)6-3-4-13-5-8(6)17/h1-5,17H,(H3,12,14,15,16). The summed E-state index contributed by atoms with van der Waals surface area (Å²) in [6, 6.07) is 5.17. The van der Waals surface area contributed by atoms with Crippen LogP contribution in [-0.4, -0.2) is 25.0 Å². The lowest BCUT2D eigenvalue weighted by atomic mass is 10.2. The highest BCUT2D eigenvalue weighted by atomic mass is 16.3.